The molecule has 2 atom stereocenters. The number of rotatable bonds is 3. The number of methoxy groups -OCH3 is 1. The Labute approximate surface area is 73.3 Å². The fraction of sp³-hybridized carbons (Fsp3) is 0.889. The van der Waals surface area contributed by atoms with Crippen molar-refractivity contribution < 1.29 is 9.53 Å². The number of carbonyl (C=O) groups is 1. The van der Waals surface area contributed by atoms with Gasteiger partial charge in [0, 0.05) is 19.1 Å². The van der Waals surface area contributed by atoms with Crippen LogP contribution in [0, 0.1) is 5.92 Å². The van der Waals surface area contributed by atoms with Gasteiger partial charge in [-0.3, -0.25) is 4.79 Å². The first-order chi connectivity index (χ1) is 5.74. The predicted molar refractivity (Wildman–Crippen MR) is 46.8 cm³/mol. The van der Waals surface area contributed by atoms with E-state index in [0.717, 1.165) is 25.7 Å². The van der Waals surface area contributed by atoms with Crippen molar-refractivity contribution in [2.24, 2.45) is 11.7 Å². The summed E-state index contributed by atoms with van der Waals surface area (Å²) in [5.41, 5.74) is 5.77. The number of hydrogen-bond donors (Lipinski definition) is 1. The minimum absolute atomic E-state index is 0.161. The topological polar surface area (TPSA) is 52.3 Å². The Kier molecular flexibility index (Phi) is 3.69. The highest BCUT2D eigenvalue weighted by atomic mass is 16.5. The van der Waals surface area contributed by atoms with Crippen LogP contribution in [0.15, 0.2) is 0 Å². The quantitative estimate of drug-likeness (QED) is 0.680. The summed E-state index contributed by atoms with van der Waals surface area (Å²) >= 11 is 0. The van der Waals surface area contributed by atoms with Crippen LogP contribution in [-0.4, -0.2) is 25.5 Å². The molecule has 0 heterocycles. The molecule has 0 spiro atoms. The van der Waals surface area contributed by atoms with E-state index in [9.17, 15) is 4.79 Å². The molecule has 70 valence electrons. The van der Waals surface area contributed by atoms with Crippen LogP contribution in [0.25, 0.3) is 0 Å². The van der Waals surface area contributed by atoms with Crippen LogP contribution in [-0.2, 0) is 9.53 Å². The molecule has 2 unspecified atom stereocenters. The van der Waals surface area contributed by atoms with Gasteiger partial charge in [0.05, 0.1) is 0 Å². The molecule has 1 aliphatic rings. The standard InChI is InChI=1S/C9H17NO2/c1-12-6-9(11)7-3-2-4-8(10)5-7/h7-8H,2-6,10H2,1H3. The Balaban J connectivity index is 2.35. The number of ketones is 1. The molecule has 2 N–H and O–H groups in total. The Morgan fingerprint density at radius 1 is 1.58 bits per heavy atom. The lowest BCUT2D eigenvalue weighted by molar-refractivity contribution is -0.127. The van der Waals surface area contributed by atoms with Crippen LogP contribution in [0.5, 0.6) is 0 Å². The zero-order chi connectivity index (χ0) is 8.97. The molecule has 1 rings (SSSR count). The van der Waals surface area contributed by atoms with Crippen molar-refractivity contribution in [3.05, 3.63) is 0 Å². The number of nitrogens with two attached hydrogens (primary N) is 1. The molecule has 0 aromatic carbocycles. The third-order valence-corrected chi connectivity index (χ3v) is 2.46. The summed E-state index contributed by atoms with van der Waals surface area (Å²) in [7, 11) is 1.56. The van der Waals surface area contributed by atoms with Gasteiger partial charge in [-0.1, -0.05) is 6.42 Å². The van der Waals surface area contributed by atoms with Crippen molar-refractivity contribution in [3.63, 3.8) is 0 Å². The van der Waals surface area contributed by atoms with Crippen LogP contribution >= 0.6 is 0 Å². The minimum atomic E-state index is 0.161. The van der Waals surface area contributed by atoms with Gasteiger partial charge in [0.1, 0.15) is 6.61 Å². The fourth-order valence-electron chi connectivity index (χ4n) is 1.78. The van der Waals surface area contributed by atoms with Gasteiger partial charge in [0.15, 0.2) is 5.78 Å². The average Bonchev–Trinajstić information content (AvgIpc) is 2.05. The molecule has 0 aromatic rings. The first kappa shape index (κ1) is 9.68. The Bertz CT molecular complexity index is 159. The lowest BCUT2D eigenvalue weighted by Gasteiger charge is -2.25. The molecule has 0 amide bonds. The molecule has 12 heavy (non-hydrogen) atoms. The number of hydrogen-bond acceptors (Lipinski definition) is 3. The van der Waals surface area contributed by atoms with Gasteiger partial charge in [-0.05, 0) is 19.3 Å². The second kappa shape index (κ2) is 4.58. The highest BCUT2D eigenvalue weighted by Gasteiger charge is 2.24. The summed E-state index contributed by atoms with van der Waals surface area (Å²) in [5.74, 6) is 0.376. The van der Waals surface area contributed by atoms with Crippen LogP contribution in [0.2, 0.25) is 0 Å². The van der Waals surface area contributed by atoms with Crippen LogP contribution < -0.4 is 5.73 Å². The van der Waals surface area contributed by atoms with E-state index in [0.29, 0.717) is 0 Å². The van der Waals surface area contributed by atoms with E-state index in [1.807, 2.05) is 0 Å². The van der Waals surface area contributed by atoms with E-state index in [-0.39, 0.29) is 24.3 Å². The maximum Gasteiger partial charge on any atom is 0.161 e. The van der Waals surface area contributed by atoms with Crippen molar-refractivity contribution in [1.82, 2.24) is 0 Å². The highest BCUT2D eigenvalue weighted by Crippen LogP contribution is 2.23. The van der Waals surface area contributed by atoms with E-state index < -0.39 is 0 Å². The molecule has 3 heteroatoms. The van der Waals surface area contributed by atoms with Crippen molar-refractivity contribution in [1.29, 1.82) is 0 Å². The molecule has 1 fully saturated rings. The Morgan fingerprint density at radius 2 is 2.33 bits per heavy atom. The Morgan fingerprint density at radius 3 is 2.92 bits per heavy atom. The number of Topliss-reactive ketones (excluding diaryl/α,β-unsaturated/α-hetero) is 1. The number of ether oxygens (including phenoxy) is 1. The second-order valence-corrected chi connectivity index (χ2v) is 3.52. The van der Waals surface area contributed by atoms with E-state index in [2.05, 4.69) is 0 Å². The molecule has 0 aromatic heterocycles. The maximum atomic E-state index is 11.4. The third-order valence-electron chi connectivity index (χ3n) is 2.46. The maximum absolute atomic E-state index is 11.4. The smallest absolute Gasteiger partial charge is 0.161 e. The molecule has 0 aliphatic heterocycles. The van der Waals surface area contributed by atoms with Crippen molar-refractivity contribution in [2.45, 2.75) is 31.7 Å². The lowest BCUT2D eigenvalue weighted by atomic mass is 9.84. The first-order valence-corrected chi connectivity index (χ1v) is 4.51. The van der Waals surface area contributed by atoms with E-state index in [1.165, 1.54) is 0 Å². The summed E-state index contributed by atoms with van der Waals surface area (Å²) in [6.45, 7) is 0.247. The number of carbonyl (C=O) groups excluding carboxylic acids is 1. The molecule has 1 aliphatic carbocycles. The molecular formula is C9H17NO2. The van der Waals surface area contributed by atoms with Gasteiger partial charge in [-0.25, -0.2) is 0 Å². The second-order valence-electron chi connectivity index (χ2n) is 3.52. The van der Waals surface area contributed by atoms with Gasteiger partial charge in [-0.2, -0.15) is 0 Å². The summed E-state index contributed by atoms with van der Waals surface area (Å²) in [4.78, 5) is 11.4. The van der Waals surface area contributed by atoms with Gasteiger partial charge in [-0.15, -0.1) is 0 Å². The Hall–Kier alpha value is -0.410. The zero-order valence-electron chi connectivity index (χ0n) is 7.58. The monoisotopic (exact) mass is 171 g/mol. The fourth-order valence-corrected chi connectivity index (χ4v) is 1.78. The highest BCUT2D eigenvalue weighted by molar-refractivity contribution is 5.82. The molecule has 0 radical (unpaired) electrons. The van der Waals surface area contributed by atoms with E-state index in [4.69, 9.17) is 10.5 Å². The zero-order valence-corrected chi connectivity index (χ0v) is 7.58. The van der Waals surface area contributed by atoms with Crippen LogP contribution in [0.1, 0.15) is 25.7 Å². The molecule has 3 nitrogen and oxygen atoms in total. The molecule has 1 saturated carbocycles. The predicted octanol–water partition coefficient (Wildman–Crippen LogP) is 0.719. The lowest BCUT2D eigenvalue weighted by Crippen LogP contribution is -2.32. The van der Waals surface area contributed by atoms with Crippen LogP contribution in [0.4, 0.5) is 0 Å². The summed E-state index contributed by atoms with van der Waals surface area (Å²) in [6.07, 6.45) is 4.00. The van der Waals surface area contributed by atoms with Crippen molar-refractivity contribution in [2.75, 3.05) is 13.7 Å². The SMILES string of the molecule is COCC(=O)C1CCCC(N)C1. The average molecular weight is 171 g/mol. The van der Waals surface area contributed by atoms with Gasteiger partial charge >= 0.3 is 0 Å². The summed E-state index contributed by atoms with van der Waals surface area (Å²) in [5, 5.41) is 0. The summed E-state index contributed by atoms with van der Waals surface area (Å²) < 4.78 is 4.80. The van der Waals surface area contributed by atoms with E-state index >= 15 is 0 Å². The minimum Gasteiger partial charge on any atom is -0.377 e. The van der Waals surface area contributed by atoms with Gasteiger partial charge in [0.25, 0.3) is 0 Å². The largest absolute Gasteiger partial charge is 0.377 e. The third kappa shape index (κ3) is 2.57. The first-order valence-electron chi connectivity index (χ1n) is 4.51. The molecule has 0 bridgehead atoms. The van der Waals surface area contributed by atoms with E-state index in [1.54, 1.807) is 7.11 Å². The van der Waals surface area contributed by atoms with Crippen molar-refractivity contribution in [3.8, 4) is 0 Å². The van der Waals surface area contributed by atoms with Gasteiger partial charge < -0.3 is 10.5 Å². The molecular weight excluding hydrogens is 154 g/mol. The van der Waals surface area contributed by atoms with Crippen LogP contribution in [0.3, 0.4) is 0 Å². The molecule has 0 saturated heterocycles. The van der Waals surface area contributed by atoms with Gasteiger partial charge in [0.2, 0.25) is 0 Å². The summed E-state index contributed by atoms with van der Waals surface area (Å²) in [6, 6.07) is 0.226. The normalized spacial score (nSPS) is 30.2. The van der Waals surface area contributed by atoms with Crippen molar-refractivity contribution >= 4 is 5.78 Å².